The Morgan fingerprint density at radius 2 is 1.41 bits per heavy atom. The number of hydrogen-bond acceptors (Lipinski definition) is 3. The highest BCUT2D eigenvalue weighted by molar-refractivity contribution is 6.77. The van der Waals surface area contributed by atoms with Gasteiger partial charge in [-0.1, -0.05) is 71.9 Å². The zero-order chi connectivity index (χ0) is 20.4. The maximum atomic E-state index is 7.09. The Hall–Kier alpha value is -1.10. The van der Waals surface area contributed by atoms with Crippen LogP contribution in [0.25, 0.3) is 0 Å². The van der Waals surface area contributed by atoms with Crippen LogP contribution in [0.2, 0.25) is 16.6 Å². The standard InChI is InChI=1S/C23H39NO2Si/c1-16(2)24-20(9)22(15-23(25-24)21-13-11-10-12-14-21)26-27(17(3)4,18(5)6)19(7)8/h10-20,23H,1-9H3/t20-,23-/m1/s1. The van der Waals surface area contributed by atoms with Crippen molar-refractivity contribution in [3.05, 3.63) is 47.7 Å². The fourth-order valence-electron chi connectivity index (χ4n) is 4.71. The van der Waals surface area contributed by atoms with Crippen LogP contribution in [0.3, 0.4) is 0 Å². The predicted octanol–water partition coefficient (Wildman–Crippen LogP) is 6.85. The molecule has 0 amide bonds. The van der Waals surface area contributed by atoms with Gasteiger partial charge in [-0.25, -0.2) is 0 Å². The molecule has 1 aromatic rings. The average molecular weight is 390 g/mol. The van der Waals surface area contributed by atoms with Gasteiger partial charge in [0.15, 0.2) is 0 Å². The summed E-state index contributed by atoms with van der Waals surface area (Å²) in [4.78, 5) is 6.36. The van der Waals surface area contributed by atoms with Gasteiger partial charge in [-0.3, -0.25) is 4.84 Å². The minimum absolute atomic E-state index is 0.0991. The Morgan fingerprint density at radius 1 is 0.889 bits per heavy atom. The molecule has 1 aliphatic rings. The molecule has 0 N–H and O–H groups in total. The van der Waals surface area contributed by atoms with Crippen LogP contribution in [0.1, 0.15) is 74.0 Å². The second-order valence-electron chi connectivity index (χ2n) is 9.06. The second kappa shape index (κ2) is 8.93. The van der Waals surface area contributed by atoms with E-state index in [4.69, 9.17) is 9.26 Å². The largest absolute Gasteiger partial charge is 0.545 e. The summed E-state index contributed by atoms with van der Waals surface area (Å²) in [5.41, 5.74) is 2.82. The highest BCUT2D eigenvalue weighted by Crippen LogP contribution is 2.45. The van der Waals surface area contributed by atoms with Crippen molar-refractivity contribution >= 4 is 8.32 Å². The molecule has 3 nitrogen and oxygen atoms in total. The molecule has 0 aromatic heterocycles. The fourth-order valence-corrected chi connectivity index (χ4v) is 10.1. The van der Waals surface area contributed by atoms with Gasteiger partial charge in [-0.05, 0) is 49.0 Å². The monoisotopic (exact) mass is 389 g/mol. The lowest BCUT2D eigenvalue weighted by atomic mass is 10.1. The van der Waals surface area contributed by atoms with Gasteiger partial charge in [0.1, 0.15) is 6.10 Å². The Balaban J connectivity index is 2.48. The Kier molecular flexibility index (Phi) is 7.34. The molecular weight excluding hydrogens is 350 g/mol. The van der Waals surface area contributed by atoms with Crippen LogP contribution in [-0.2, 0) is 9.26 Å². The van der Waals surface area contributed by atoms with Crippen LogP contribution in [-0.4, -0.2) is 25.5 Å². The quantitative estimate of drug-likeness (QED) is 0.476. The molecule has 0 fully saturated rings. The van der Waals surface area contributed by atoms with Crippen LogP contribution >= 0.6 is 0 Å². The Labute approximate surface area is 167 Å². The Morgan fingerprint density at radius 3 is 1.85 bits per heavy atom. The van der Waals surface area contributed by atoms with Gasteiger partial charge in [0.2, 0.25) is 0 Å². The molecule has 0 saturated carbocycles. The summed E-state index contributed by atoms with van der Waals surface area (Å²) in [6.45, 7) is 20.6. The number of benzene rings is 1. The average Bonchev–Trinajstić information content (AvgIpc) is 2.60. The lowest BCUT2D eigenvalue weighted by Crippen LogP contribution is -2.51. The molecular formula is C23H39NO2Si. The van der Waals surface area contributed by atoms with Crippen molar-refractivity contribution in [1.29, 1.82) is 0 Å². The first kappa shape index (κ1) is 22.2. The maximum Gasteiger partial charge on any atom is 0.258 e. The van der Waals surface area contributed by atoms with E-state index in [1.165, 1.54) is 5.56 Å². The number of nitrogens with zero attached hydrogens (tertiary/aromatic N) is 1. The molecule has 0 bridgehead atoms. The topological polar surface area (TPSA) is 21.7 Å². The van der Waals surface area contributed by atoms with Gasteiger partial charge >= 0.3 is 0 Å². The molecule has 0 saturated heterocycles. The lowest BCUT2D eigenvalue weighted by Gasteiger charge is -2.47. The van der Waals surface area contributed by atoms with Gasteiger partial charge in [0, 0.05) is 6.04 Å². The van der Waals surface area contributed by atoms with Crippen molar-refractivity contribution in [3.63, 3.8) is 0 Å². The van der Waals surface area contributed by atoms with Gasteiger partial charge in [0.25, 0.3) is 8.32 Å². The third kappa shape index (κ3) is 4.49. The van der Waals surface area contributed by atoms with Gasteiger partial charge in [-0.2, -0.15) is 5.06 Å². The zero-order valence-electron chi connectivity index (χ0n) is 18.7. The van der Waals surface area contributed by atoms with E-state index in [0.717, 1.165) is 5.76 Å². The molecule has 4 heteroatoms. The van der Waals surface area contributed by atoms with E-state index in [-0.39, 0.29) is 18.2 Å². The normalized spacial score (nSPS) is 22.0. The molecule has 0 spiro atoms. The molecule has 1 aliphatic heterocycles. The van der Waals surface area contributed by atoms with Gasteiger partial charge in [-0.15, -0.1) is 0 Å². The van der Waals surface area contributed by atoms with E-state index in [2.05, 4.69) is 97.7 Å². The maximum absolute atomic E-state index is 7.09. The lowest BCUT2D eigenvalue weighted by molar-refractivity contribution is -0.234. The van der Waals surface area contributed by atoms with Gasteiger partial charge in [0.05, 0.1) is 11.8 Å². The van der Waals surface area contributed by atoms with Crippen LogP contribution in [0.4, 0.5) is 0 Å². The van der Waals surface area contributed by atoms with E-state index in [1.54, 1.807) is 0 Å². The van der Waals surface area contributed by atoms with Crippen molar-refractivity contribution in [2.75, 3.05) is 0 Å². The third-order valence-corrected chi connectivity index (χ3v) is 12.0. The molecule has 27 heavy (non-hydrogen) atoms. The minimum atomic E-state index is -2.00. The summed E-state index contributed by atoms with van der Waals surface area (Å²) in [6, 6.07) is 10.8. The first-order chi connectivity index (χ1) is 12.6. The van der Waals surface area contributed by atoms with Crippen LogP contribution in [0.5, 0.6) is 0 Å². The van der Waals surface area contributed by atoms with Crippen molar-refractivity contribution in [2.24, 2.45) is 0 Å². The summed E-state index contributed by atoms with van der Waals surface area (Å²) in [6.07, 6.45) is 2.12. The zero-order valence-corrected chi connectivity index (χ0v) is 19.7. The molecule has 1 heterocycles. The van der Waals surface area contributed by atoms with Crippen molar-refractivity contribution in [1.82, 2.24) is 5.06 Å². The summed E-state index contributed by atoms with van der Waals surface area (Å²) in [7, 11) is -2.00. The molecule has 2 rings (SSSR count). The summed E-state index contributed by atoms with van der Waals surface area (Å²) in [5, 5.41) is 2.10. The fraction of sp³-hybridized carbons (Fsp3) is 0.652. The molecule has 152 valence electrons. The van der Waals surface area contributed by atoms with Crippen LogP contribution in [0.15, 0.2) is 42.2 Å². The van der Waals surface area contributed by atoms with E-state index < -0.39 is 8.32 Å². The smallest absolute Gasteiger partial charge is 0.258 e. The molecule has 0 aliphatic carbocycles. The number of hydrogen-bond donors (Lipinski definition) is 0. The van der Waals surface area contributed by atoms with Crippen LogP contribution < -0.4 is 0 Å². The molecule has 2 atom stereocenters. The number of rotatable bonds is 7. The SMILES string of the molecule is CC(C)N1O[C@@H](c2ccccc2)C=C(O[Si](C(C)C)(C(C)C)C(C)C)[C@H]1C. The Bertz CT molecular complexity index is 603. The van der Waals surface area contributed by atoms with Crippen molar-refractivity contribution in [2.45, 2.75) is 97.1 Å². The highest BCUT2D eigenvalue weighted by Gasteiger charge is 2.48. The molecule has 0 radical (unpaired) electrons. The van der Waals surface area contributed by atoms with Crippen molar-refractivity contribution in [3.8, 4) is 0 Å². The first-order valence-electron chi connectivity index (χ1n) is 10.5. The first-order valence-corrected chi connectivity index (χ1v) is 12.7. The number of hydroxylamine groups is 2. The van der Waals surface area contributed by atoms with E-state index in [9.17, 15) is 0 Å². The van der Waals surface area contributed by atoms with Crippen LogP contribution in [0, 0.1) is 0 Å². The molecule has 1 aromatic carbocycles. The second-order valence-corrected chi connectivity index (χ2v) is 14.4. The van der Waals surface area contributed by atoms with Gasteiger partial charge < -0.3 is 4.43 Å². The summed E-state index contributed by atoms with van der Waals surface area (Å²) < 4.78 is 7.09. The predicted molar refractivity (Wildman–Crippen MR) is 117 cm³/mol. The van der Waals surface area contributed by atoms with E-state index in [1.807, 2.05) is 6.07 Å². The summed E-state index contributed by atoms with van der Waals surface area (Å²) in [5.74, 6) is 1.09. The molecule has 0 unspecified atom stereocenters. The summed E-state index contributed by atoms with van der Waals surface area (Å²) >= 11 is 0. The third-order valence-electron chi connectivity index (χ3n) is 5.98. The van der Waals surface area contributed by atoms with Crippen molar-refractivity contribution < 1.29 is 9.26 Å². The van der Waals surface area contributed by atoms with E-state index in [0.29, 0.717) is 16.6 Å². The minimum Gasteiger partial charge on any atom is -0.545 e. The highest BCUT2D eigenvalue weighted by atomic mass is 28.4. The van der Waals surface area contributed by atoms with E-state index >= 15 is 0 Å².